The second-order valence-corrected chi connectivity index (χ2v) is 0.454. The third-order valence-corrected chi connectivity index (χ3v) is 0.163. The smallest absolute Gasteiger partial charge is 0 e. The van der Waals surface area contributed by atoms with Crippen molar-refractivity contribution < 1.29 is 51.3 Å². The fourth-order valence-corrected chi connectivity index (χ4v) is 0.0447. The van der Waals surface area contributed by atoms with Crippen LogP contribution in [0.3, 0.4) is 0 Å². The molecule has 0 heterocycles. The van der Waals surface area contributed by atoms with Crippen LogP contribution >= 0.6 is 0 Å². The van der Waals surface area contributed by atoms with E-state index in [9.17, 15) is 0 Å². The fraction of sp³-hybridized carbons (Fsp3) is 0.333. The van der Waals surface area contributed by atoms with Crippen LogP contribution in [-0.4, -0.2) is 6.54 Å². The molecule has 0 aromatic rings. The third kappa shape index (κ3) is 28.0. The van der Waals surface area contributed by atoms with Gasteiger partial charge in [0.15, 0.2) is 0 Å². The first-order valence-corrected chi connectivity index (χ1v) is 1.22. The van der Waals surface area contributed by atoms with Crippen LogP contribution < -0.4 is 0 Å². The molecule has 0 saturated heterocycles. The van der Waals surface area contributed by atoms with Crippen molar-refractivity contribution in [3.05, 3.63) is 24.8 Å². The van der Waals surface area contributed by atoms with E-state index in [2.05, 4.69) is 16.9 Å². The van der Waals surface area contributed by atoms with Crippen LogP contribution in [0.2, 0.25) is 0 Å². The van der Waals surface area contributed by atoms with Crippen molar-refractivity contribution in [3.63, 3.8) is 0 Å². The predicted octanol–water partition coefficient (Wildman–Crippen LogP) is 1.58. The van der Waals surface area contributed by atoms with Gasteiger partial charge in [0.2, 0.25) is 0 Å². The van der Waals surface area contributed by atoms with Crippen LogP contribution in [0.4, 0.5) is 0 Å². The molecule has 0 spiro atoms. The summed E-state index contributed by atoms with van der Waals surface area (Å²) < 4.78 is 0. The Morgan fingerprint density at radius 1 is 1.62 bits per heavy atom. The summed E-state index contributed by atoms with van der Waals surface area (Å²) in [6.45, 7) is 3.56. The van der Waals surface area contributed by atoms with E-state index in [1.54, 1.807) is 0 Å². The van der Waals surface area contributed by atoms with Gasteiger partial charge in [-0.05, 0) is 10.4 Å². The molecule has 0 saturated carbocycles. The van der Waals surface area contributed by atoms with Gasteiger partial charge in [-0.15, -0.1) is 11.7 Å². The minimum Gasteiger partial charge on any atom is -0.358 e. The molecule has 0 aromatic heterocycles. The third-order valence-electron chi connectivity index (χ3n) is 0.163. The molecule has 0 aromatic carbocycles. The molecule has 0 fully saturated rings. The van der Waals surface area contributed by atoms with Gasteiger partial charge in [0.25, 0.3) is 0 Å². The van der Waals surface area contributed by atoms with Crippen molar-refractivity contribution in [1.82, 2.24) is 0 Å². The maximum Gasteiger partial charge on any atom is 0 e. The Kier molecular flexibility index (Phi) is 70.6. The average Bonchev–Trinajstić information content (AvgIpc) is 1.41. The molecule has 2 radical (unpaired) electrons. The van der Waals surface area contributed by atoms with Crippen molar-refractivity contribution in [3.8, 4) is 0 Å². The molecule has 3 nitrogen and oxygen atoms in total. The van der Waals surface area contributed by atoms with Crippen molar-refractivity contribution >= 4 is 0 Å². The van der Waals surface area contributed by atoms with Gasteiger partial charge < -0.3 is 14.4 Å². The zero-order valence-electron chi connectivity index (χ0n) is 4.78. The quantitative estimate of drug-likeness (QED) is 0.281. The van der Waals surface area contributed by atoms with Gasteiger partial charge in [0, 0.05) is 51.3 Å². The van der Waals surface area contributed by atoms with E-state index in [4.69, 9.17) is 5.53 Å². The van der Waals surface area contributed by atoms with Gasteiger partial charge in [0.1, 0.15) is 0 Å². The predicted molar refractivity (Wildman–Crippen MR) is 25.8 cm³/mol. The van der Waals surface area contributed by atoms with E-state index in [0.717, 1.165) is 0 Å². The summed E-state index contributed by atoms with van der Waals surface area (Å²) in [7, 11) is 0. The van der Waals surface area contributed by atoms with Gasteiger partial charge in [-0.25, -0.2) is 0 Å². The van der Waals surface area contributed by atoms with Crippen LogP contribution in [0.15, 0.2) is 5.11 Å². The summed E-state index contributed by atoms with van der Waals surface area (Å²) in [6.07, 6.45) is 0. The first-order valence-electron chi connectivity index (χ1n) is 1.22. The number of nitrogens with zero attached hydrogens (tertiary/aromatic N) is 3. The summed E-state index contributed by atoms with van der Waals surface area (Å²) in [5.74, 6) is 0. The summed E-state index contributed by atoms with van der Waals surface area (Å²) in [6, 6.07) is 0. The van der Waals surface area contributed by atoms with Gasteiger partial charge in [-0.2, -0.15) is 0 Å². The van der Waals surface area contributed by atoms with Crippen molar-refractivity contribution in [2.75, 3.05) is 6.54 Å². The Balaban J connectivity index is -0.0000000267. The van der Waals surface area contributed by atoms with E-state index < -0.39 is 0 Å². The molecule has 0 aliphatic carbocycles. The first-order chi connectivity index (χ1) is 2.41. The van der Waals surface area contributed by atoms with Crippen molar-refractivity contribution in [2.45, 2.75) is 0 Å². The van der Waals surface area contributed by atoms with Gasteiger partial charge in [-0.3, -0.25) is 0 Å². The molecule has 0 amide bonds. The summed E-state index contributed by atoms with van der Waals surface area (Å²) in [4.78, 5) is 2.42. The molecule has 0 atom stereocenters. The second kappa shape index (κ2) is 24.5. The Morgan fingerprint density at radius 2 is 2.00 bits per heavy atom. The molecule has 8 heavy (non-hydrogen) atoms. The molecule has 0 aliphatic heterocycles. The normalized spacial score (nSPS) is 3.62. The summed E-state index contributed by atoms with van der Waals surface area (Å²) in [5.41, 5.74) is 7.48. The van der Waals surface area contributed by atoms with Crippen molar-refractivity contribution in [1.29, 1.82) is 0 Å². The number of azide groups is 1. The molecule has 0 bridgehead atoms. The van der Waals surface area contributed by atoms with Crippen LogP contribution in [0.5, 0.6) is 0 Å². The van der Waals surface area contributed by atoms with Crippen LogP contribution in [-0.2, 0) is 51.3 Å². The van der Waals surface area contributed by atoms with Gasteiger partial charge >= 0.3 is 0 Å². The average molecular weight is 225 g/mol. The number of hydrogen-bond donors (Lipinski definition) is 0. The minimum absolute atomic E-state index is 0. The molecular formula is C3H7N3VY-2. The molecule has 0 aliphatic rings. The Labute approximate surface area is 87.0 Å². The van der Waals surface area contributed by atoms with Crippen LogP contribution in [0, 0.1) is 14.4 Å². The first kappa shape index (κ1) is 23.0. The zero-order valence-corrected chi connectivity index (χ0v) is 9.02. The Morgan fingerprint density at radius 3 is 2.00 bits per heavy atom. The largest absolute Gasteiger partial charge is 0.358 e. The monoisotopic (exact) mass is 225 g/mol. The standard InChI is InChI=1S/C2H4N3.CH3.V.Y/c1-2-4-5-3;;;/h1-2H2;1H3;;/q2*-1;;. The Bertz CT molecular complexity index is 61.5. The fourth-order valence-electron chi connectivity index (χ4n) is 0.0447. The molecule has 44 valence electrons. The van der Waals surface area contributed by atoms with E-state index in [1.165, 1.54) is 0 Å². The molecular weight excluding hydrogens is 218 g/mol. The molecule has 0 rings (SSSR count). The van der Waals surface area contributed by atoms with E-state index in [-0.39, 0.29) is 58.7 Å². The number of rotatable bonds is 1. The molecule has 0 unspecified atom stereocenters. The maximum atomic E-state index is 7.48. The maximum absolute atomic E-state index is 7.48. The van der Waals surface area contributed by atoms with Crippen LogP contribution in [0.1, 0.15) is 0 Å². The number of hydrogen-bond acceptors (Lipinski definition) is 1. The van der Waals surface area contributed by atoms with Gasteiger partial charge in [0.05, 0.1) is 0 Å². The van der Waals surface area contributed by atoms with Gasteiger partial charge in [-0.1, -0.05) is 0 Å². The van der Waals surface area contributed by atoms with Crippen molar-refractivity contribution in [2.24, 2.45) is 5.11 Å². The van der Waals surface area contributed by atoms with E-state index in [0.29, 0.717) is 6.54 Å². The SMILES string of the molecule is [CH2-]CN=[N+]=[N-].[CH3-].[V].[Y]. The zero-order chi connectivity index (χ0) is 4.12. The van der Waals surface area contributed by atoms with E-state index >= 15 is 0 Å². The summed E-state index contributed by atoms with van der Waals surface area (Å²) in [5, 5.41) is 3.04. The topological polar surface area (TPSA) is 48.8 Å². The summed E-state index contributed by atoms with van der Waals surface area (Å²) >= 11 is 0. The van der Waals surface area contributed by atoms with E-state index in [1.807, 2.05) is 0 Å². The molecule has 5 heteroatoms. The second-order valence-electron chi connectivity index (χ2n) is 0.454. The molecule has 0 N–H and O–H groups in total. The van der Waals surface area contributed by atoms with Crippen LogP contribution in [0.25, 0.3) is 10.4 Å². The minimum atomic E-state index is 0. The Hall–Kier alpha value is 0.998.